The summed E-state index contributed by atoms with van der Waals surface area (Å²) in [7, 11) is 0. The molecule has 6 N–H and O–H groups in total. The lowest BCUT2D eigenvalue weighted by atomic mass is 10.0. The first kappa shape index (κ1) is 70.3. The first-order valence-electron chi connectivity index (χ1n) is 39.0. The number of benzene rings is 9. The van der Waals surface area contributed by atoms with E-state index < -0.39 is 11.8 Å². The van der Waals surface area contributed by atoms with E-state index in [2.05, 4.69) is 232 Å². The van der Waals surface area contributed by atoms with E-state index in [9.17, 15) is 0 Å². The van der Waals surface area contributed by atoms with Crippen LogP contribution in [-0.4, -0.2) is 58.3 Å². The molecule has 9 aromatic carbocycles. The third-order valence-corrected chi connectivity index (χ3v) is 21.4. The molecule has 4 aliphatic rings. The van der Waals surface area contributed by atoms with E-state index in [1.807, 2.05) is 133 Å². The van der Waals surface area contributed by atoms with E-state index in [0.29, 0.717) is 35.1 Å². The van der Waals surface area contributed by atoms with Crippen LogP contribution in [0.1, 0.15) is 98.9 Å². The van der Waals surface area contributed by atoms with Crippen LogP contribution in [0.25, 0.3) is 182 Å². The van der Waals surface area contributed by atoms with Crippen molar-refractivity contribution in [2.45, 2.75) is 32.6 Å². The van der Waals surface area contributed by atoms with Crippen LogP contribution in [-0.2, 0) is 0 Å². The molecule has 0 aliphatic carbocycles. The van der Waals surface area contributed by atoms with Crippen molar-refractivity contribution in [2.75, 3.05) is 17.2 Å². The summed E-state index contributed by atoms with van der Waals surface area (Å²) in [6, 6.07) is 99.8. The highest BCUT2D eigenvalue weighted by atomic mass is 16.5. The Labute approximate surface area is 664 Å². The highest BCUT2D eigenvalue weighted by Crippen LogP contribution is 2.43. The number of nitrogens with one attached hydrogen (secondary N) is 6. The number of carbonyl (C=O) groups is 2. The first-order valence-corrected chi connectivity index (χ1v) is 39.0. The molecule has 19 rings (SSSR count). The zero-order valence-corrected chi connectivity index (χ0v) is 63.0. The van der Waals surface area contributed by atoms with Crippen molar-refractivity contribution in [1.82, 2.24) is 39.9 Å². The minimum Gasteiger partial charge on any atom is -0.494 e. The van der Waals surface area contributed by atoms with Crippen molar-refractivity contribution < 1.29 is 14.3 Å². The van der Waals surface area contributed by atoms with Gasteiger partial charge in [-0.15, -0.1) is 0 Å². The van der Waals surface area contributed by atoms with E-state index in [1.165, 1.54) is 0 Å². The fourth-order valence-electron chi connectivity index (χ4n) is 16.0. The van der Waals surface area contributed by atoms with Crippen molar-refractivity contribution in [2.24, 2.45) is 0 Å². The van der Waals surface area contributed by atoms with Gasteiger partial charge in [-0.2, -0.15) is 0 Å². The van der Waals surface area contributed by atoms with Crippen LogP contribution in [0.15, 0.2) is 297 Å². The van der Waals surface area contributed by atoms with Gasteiger partial charge in [-0.3, -0.25) is 9.59 Å². The molecule has 0 saturated carbocycles. The summed E-state index contributed by atoms with van der Waals surface area (Å²) < 4.78 is 6.47. The molecule has 6 aromatic heterocycles. The minimum atomic E-state index is -0.433. The average Bonchev–Trinajstić information content (AvgIpc) is 1.62. The molecule has 0 saturated heterocycles. The van der Waals surface area contributed by atoms with Crippen molar-refractivity contribution in [3.8, 4) is 94.8 Å². The molecule has 0 fully saturated rings. The predicted octanol–water partition coefficient (Wildman–Crippen LogP) is 25.4. The molecule has 16 bridgehead atoms. The Morgan fingerprint density at radius 3 is 0.765 bits per heavy atom. The molecule has 13 nitrogen and oxygen atoms in total. The van der Waals surface area contributed by atoms with Gasteiger partial charge in [-0.05, 0) is 191 Å². The van der Waals surface area contributed by atoms with Crippen LogP contribution in [0, 0.1) is 0 Å². The van der Waals surface area contributed by atoms with Gasteiger partial charge in [0.15, 0.2) is 0 Å². The van der Waals surface area contributed by atoms with Gasteiger partial charge in [0.25, 0.3) is 11.8 Å². The van der Waals surface area contributed by atoms with Crippen LogP contribution in [0.4, 0.5) is 11.4 Å². The molecule has 13 heteroatoms. The maximum Gasteiger partial charge on any atom is 0.255 e. The smallest absolute Gasteiger partial charge is 0.255 e. The molecule has 0 spiro atoms. The molecule has 10 heterocycles. The molecule has 4 aliphatic heterocycles. The van der Waals surface area contributed by atoms with Crippen molar-refractivity contribution in [3.63, 3.8) is 0 Å². The van der Waals surface area contributed by atoms with Crippen LogP contribution in [0.3, 0.4) is 0 Å². The van der Waals surface area contributed by atoms with Crippen LogP contribution in [0.5, 0.6) is 5.75 Å². The van der Waals surface area contributed by atoms with Crippen LogP contribution in [0.2, 0.25) is 0 Å². The average molecular weight is 1490 g/mol. The number of aromatic nitrogens is 8. The largest absolute Gasteiger partial charge is 0.494 e. The highest BCUT2D eigenvalue weighted by molar-refractivity contribution is 6.11. The second kappa shape index (κ2) is 31.0. The maximum atomic E-state index is 15.2. The maximum absolute atomic E-state index is 15.2. The molecule has 2 amide bonds. The summed E-state index contributed by atoms with van der Waals surface area (Å²) in [5.41, 5.74) is 29.6. The molecule has 0 unspecified atom stereocenters. The zero-order chi connectivity index (χ0) is 77.1. The summed E-state index contributed by atoms with van der Waals surface area (Å²) in [5.74, 6) is -0.468. The number of carbonyl (C=O) groups excluding carboxylic acids is 2. The van der Waals surface area contributed by atoms with Crippen LogP contribution >= 0.6 is 0 Å². The fraction of sp³-hybridized carbons (Fsp3) is 0.0588. The van der Waals surface area contributed by atoms with Gasteiger partial charge < -0.3 is 35.3 Å². The van der Waals surface area contributed by atoms with E-state index in [1.54, 1.807) is 18.2 Å². The third-order valence-electron chi connectivity index (χ3n) is 21.4. The minimum absolute atomic E-state index is 0.237. The Kier molecular flexibility index (Phi) is 19.0. The number of amides is 2. The zero-order valence-electron chi connectivity index (χ0n) is 63.0. The number of unbranched alkanes of at least 4 members (excludes halogenated alkanes) is 3. The molecular weight excluding hydrogens is 1410 g/mol. The summed E-state index contributed by atoms with van der Waals surface area (Å²) >= 11 is 0. The number of rotatable bonds is 18. The van der Waals surface area contributed by atoms with E-state index in [-0.39, 0.29) is 11.1 Å². The molecule has 0 atom stereocenters. The number of ether oxygens (including phenoxy) is 1. The summed E-state index contributed by atoms with van der Waals surface area (Å²) in [6.45, 7) is 2.58. The first-order chi connectivity index (χ1) is 56.7. The monoisotopic (exact) mass is 1490 g/mol. The fourth-order valence-corrected chi connectivity index (χ4v) is 16.0. The Morgan fingerprint density at radius 1 is 0.270 bits per heavy atom. The lowest BCUT2D eigenvalue weighted by molar-refractivity contribution is 0.102. The second-order valence-corrected chi connectivity index (χ2v) is 28.9. The van der Waals surface area contributed by atoms with Crippen LogP contribution < -0.4 is 15.4 Å². The molecule has 552 valence electrons. The number of hydrogen-bond donors (Lipinski definition) is 6. The van der Waals surface area contributed by atoms with Crippen molar-refractivity contribution in [1.29, 1.82) is 0 Å². The van der Waals surface area contributed by atoms with Gasteiger partial charge in [0, 0.05) is 111 Å². The van der Waals surface area contributed by atoms with Crippen molar-refractivity contribution >= 4 is 116 Å². The van der Waals surface area contributed by atoms with Gasteiger partial charge in [0.1, 0.15) is 5.75 Å². The Morgan fingerprint density at radius 2 is 0.513 bits per heavy atom. The molecule has 115 heavy (non-hydrogen) atoms. The normalized spacial score (nSPS) is 12.0. The number of nitrogens with zero attached hydrogens (tertiary/aromatic N) is 4. The second-order valence-electron chi connectivity index (χ2n) is 28.9. The predicted molar refractivity (Wildman–Crippen MR) is 473 cm³/mol. The van der Waals surface area contributed by atoms with Gasteiger partial charge >= 0.3 is 0 Å². The summed E-state index contributed by atoms with van der Waals surface area (Å²) in [4.78, 5) is 67.9. The van der Waals surface area contributed by atoms with E-state index in [0.717, 1.165) is 193 Å². The topological polar surface area (TPSA) is 182 Å². The molecular formula is C102H76N10O3. The Hall–Kier alpha value is -15.1. The number of hydrogen-bond acceptors (Lipinski definition) is 7. The van der Waals surface area contributed by atoms with Crippen molar-refractivity contribution in [3.05, 3.63) is 354 Å². The third kappa shape index (κ3) is 14.2. The number of anilines is 2. The van der Waals surface area contributed by atoms with Gasteiger partial charge in [-0.1, -0.05) is 232 Å². The van der Waals surface area contributed by atoms with Gasteiger partial charge in [0.05, 0.1) is 52.2 Å². The highest BCUT2D eigenvalue weighted by Gasteiger charge is 2.24. The van der Waals surface area contributed by atoms with Gasteiger partial charge in [-0.25, -0.2) is 19.9 Å². The van der Waals surface area contributed by atoms with Gasteiger partial charge in [0.2, 0.25) is 0 Å². The molecule has 0 radical (unpaired) electrons. The molecule has 15 aromatic rings. The number of aromatic amines is 4. The Balaban J connectivity index is 0.704. The SMILES string of the molecule is CCCCCCOc1cc(C(=O)Nc2cccc(-c3c4nc(c(-c5ccccc5)c5ccc([nH]5)c(-c5ccccc5)c5nc(c(-c6ccccc6)c6ccc3[nH]6)C=C5)C=C4)c2)cc(C(=O)Nc2cccc(-c3c4nc(c(-c5ccccc5)c5ccc([nH]5)c(-c5ccccc5)c5nc(c(-c6ccccc6)c6ccc3[nH]6)C=C5)C=C4)c2)c1. The lowest BCUT2D eigenvalue weighted by Crippen LogP contribution is -2.16. The summed E-state index contributed by atoms with van der Waals surface area (Å²) in [5, 5.41) is 6.48. The number of fused-ring (bicyclic) bond motifs is 16. The number of H-pyrrole nitrogens is 4. The summed E-state index contributed by atoms with van der Waals surface area (Å²) in [6.07, 6.45) is 20.6. The Bertz CT molecular complexity index is 6340. The van der Waals surface area contributed by atoms with E-state index in [4.69, 9.17) is 24.7 Å². The van der Waals surface area contributed by atoms with E-state index >= 15 is 9.59 Å². The standard InChI is InChI=1S/C102H76N10O3/c1-2-3-4-23-58-115-76-62-72(101(113)103-74-40-24-38-70(60-74)99-89-54-50-85(109-89)95(66-30-15-7-16-31-66)81-46-42-77(105-81)93(64-26-11-5-12-27-64)78-43-47-82(106-78)96(67-32-17-8-18-33-67)86-51-55-90(99)110-86)59-73(63-76)102(114)104-75-41-25-39-71(61-75)100-91-56-52-87(111-91)97(68-34-19-9-20-35-68)83-48-44-79(107-83)94(65-28-13-6-14-29-65)80-45-49-84(108-80)98(69-36-21-10-22-37-69)88-53-57-92(100)112-88/h5-22,24-57,59-63,105,107,110,112H,2-4,23,58H2,1H3,(H,103,113)(H,104,114). The lowest BCUT2D eigenvalue weighted by Gasteiger charge is -2.13. The quantitative estimate of drug-likeness (QED) is 0.0462.